The lowest BCUT2D eigenvalue weighted by Gasteiger charge is -2.08. The maximum absolute atomic E-state index is 2.43. The van der Waals surface area contributed by atoms with E-state index in [9.17, 15) is 0 Å². The normalized spacial score (nSPS) is 34.8. The third-order valence-corrected chi connectivity index (χ3v) is 4.73. The molecule has 12 heavy (non-hydrogen) atoms. The molecular weight excluding hydrogens is 184 g/mol. The first kappa shape index (κ1) is 9.26. The highest BCUT2D eigenvalue weighted by Gasteiger charge is 2.25. The van der Waals surface area contributed by atoms with Gasteiger partial charge in [0.05, 0.1) is 0 Å². The monoisotopic (exact) mass is 202 g/mol. The van der Waals surface area contributed by atoms with E-state index in [1.807, 2.05) is 0 Å². The molecule has 2 aliphatic rings. The van der Waals surface area contributed by atoms with Gasteiger partial charge in [0.1, 0.15) is 0 Å². The second kappa shape index (κ2) is 4.28. The quantitative estimate of drug-likeness (QED) is 0.605. The highest BCUT2D eigenvalue weighted by Crippen LogP contribution is 2.38. The van der Waals surface area contributed by atoms with Crippen molar-refractivity contribution in [1.82, 2.24) is 0 Å². The van der Waals surface area contributed by atoms with Crippen molar-refractivity contribution in [1.29, 1.82) is 0 Å². The van der Waals surface area contributed by atoms with Crippen LogP contribution in [0.2, 0.25) is 0 Å². The zero-order chi connectivity index (χ0) is 8.39. The summed E-state index contributed by atoms with van der Waals surface area (Å²) in [6.07, 6.45) is 5.94. The second-order valence-electron chi connectivity index (χ2n) is 4.18. The predicted octanol–water partition coefficient (Wildman–Crippen LogP) is 3.41. The summed E-state index contributed by atoms with van der Waals surface area (Å²) >= 11 is 4.29. The van der Waals surface area contributed by atoms with Crippen LogP contribution in [0.3, 0.4) is 0 Å². The lowest BCUT2D eigenvalue weighted by Crippen LogP contribution is -1.99. The molecule has 0 bridgehead atoms. The standard InChI is InChI=1S/C10H18S2/c1-8(5-10-7-12-10)3-2-4-9-6-11-9/h8-10H,2-7H2,1H3. The highest BCUT2D eigenvalue weighted by atomic mass is 32.2. The molecule has 0 nitrogen and oxygen atoms in total. The van der Waals surface area contributed by atoms with Gasteiger partial charge in [-0.3, -0.25) is 0 Å². The summed E-state index contributed by atoms with van der Waals surface area (Å²) in [7, 11) is 0. The Morgan fingerprint density at radius 3 is 2.50 bits per heavy atom. The molecule has 0 aromatic rings. The summed E-state index contributed by atoms with van der Waals surface area (Å²) in [5, 5.41) is 2.11. The first-order valence-electron chi connectivity index (χ1n) is 5.08. The van der Waals surface area contributed by atoms with Crippen LogP contribution in [0.1, 0.15) is 32.6 Å². The predicted molar refractivity (Wildman–Crippen MR) is 60.1 cm³/mol. The van der Waals surface area contributed by atoms with E-state index in [0.717, 1.165) is 16.4 Å². The third kappa shape index (κ3) is 3.61. The molecule has 0 aromatic carbocycles. The Morgan fingerprint density at radius 2 is 1.92 bits per heavy atom. The summed E-state index contributed by atoms with van der Waals surface area (Å²) in [5.41, 5.74) is 0. The number of hydrogen-bond donors (Lipinski definition) is 0. The smallest absolute Gasteiger partial charge is 0.0141 e. The molecule has 0 aromatic heterocycles. The van der Waals surface area contributed by atoms with Crippen LogP contribution in [-0.4, -0.2) is 22.0 Å². The molecule has 2 fully saturated rings. The minimum absolute atomic E-state index is 0.994. The van der Waals surface area contributed by atoms with Crippen molar-refractivity contribution in [2.24, 2.45) is 5.92 Å². The molecule has 0 aliphatic carbocycles. The van der Waals surface area contributed by atoms with Gasteiger partial charge in [0.2, 0.25) is 0 Å². The fourth-order valence-electron chi connectivity index (χ4n) is 1.70. The lowest BCUT2D eigenvalue weighted by atomic mass is 9.99. The summed E-state index contributed by atoms with van der Waals surface area (Å²) in [5.74, 6) is 3.89. The minimum Gasteiger partial charge on any atom is -0.157 e. The van der Waals surface area contributed by atoms with E-state index in [1.54, 1.807) is 0 Å². The molecule has 2 saturated heterocycles. The van der Waals surface area contributed by atoms with Crippen LogP contribution < -0.4 is 0 Å². The van der Waals surface area contributed by atoms with Crippen LogP contribution in [0.4, 0.5) is 0 Å². The zero-order valence-electron chi connectivity index (χ0n) is 7.79. The first-order valence-corrected chi connectivity index (χ1v) is 7.17. The Bertz CT molecular complexity index is 139. The van der Waals surface area contributed by atoms with Gasteiger partial charge in [0, 0.05) is 22.0 Å². The number of rotatable bonds is 6. The van der Waals surface area contributed by atoms with Crippen LogP contribution in [0.15, 0.2) is 0 Å². The highest BCUT2D eigenvalue weighted by molar-refractivity contribution is 8.07. The minimum atomic E-state index is 0.994. The Balaban J connectivity index is 1.46. The van der Waals surface area contributed by atoms with E-state index >= 15 is 0 Å². The molecular formula is C10H18S2. The van der Waals surface area contributed by atoms with Crippen molar-refractivity contribution in [2.45, 2.75) is 43.1 Å². The molecule has 2 rings (SSSR count). The summed E-state index contributed by atoms with van der Waals surface area (Å²) < 4.78 is 0. The van der Waals surface area contributed by atoms with Crippen molar-refractivity contribution in [3.05, 3.63) is 0 Å². The average molecular weight is 202 g/mol. The van der Waals surface area contributed by atoms with Crippen LogP contribution in [0, 0.1) is 5.92 Å². The van der Waals surface area contributed by atoms with Crippen molar-refractivity contribution >= 4 is 23.5 Å². The maximum atomic E-state index is 2.43. The van der Waals surface area contributed by atoms with Gasteiger partial charge in [-0.15, -0.1) is 0 Å². The van der Waals surface area contributed by atoms with Gasteiger partial charge in [-0.25, -0.2) is 0 Å². The van der Waals surface area contributed by atoms with E-state index in [2.05, 4.69) is 30.4 Å². The first-order chi connectivity index (χ1) is 5.84. The van der Waals surface area contributed by atoms with Gasteiger partial charge in [-0.2, -0.15) is 23.5 Å². The molecule has 0 N–H and O–H groups in total. The average Bonchev–Trinajstić information content (AvgIpc) is 2.77. The van der Waals surface area contributed by atoms with Crippen LogP contribution in [-0.2, 0) is 0 Å². The van der Waals surface area contributed by atoms with Crippen LogP contribution >= 0.6 is 23.5 Å². The summed E-state index contributed by atoms with van der Waals surface area (Å²) in [4.78, 5) is 0. The van der Waals surface area contributed by atoms with E-state index in [1.165, 1.54) is 37.2 Å². The van der Waals surface area contributed by atoms with E-state index in [4.69, 9.17) is 0 Å². The molecule has 3 atom stereocenters. The number of thioether (sulfide) groups is 2. The molecule has 0 spiro atoms. The van der Waals surface area contributed by atoms with Crippen molar-refractivity contribution in [3.8, 4) is 0 Å². The van der Waals surface area contributed by atoms with Gasteiger partial charge >= 0.3 is 0 Å². The Kier molecular flexibility index (Phi) is 3.30. The van der Waals surface area contributed by atoms with Gasteiger partial charge in [-0.1, -0.05) is 19.8 Å². The van der Waals surface area contributed by atoms with Crippen molar-refractivity contribution < 1.29 is 0 Å². The zero-order valence-corrected chi connectivity index (χ0v) is 9.42. The van der Waals surface area contributed by atoms with Crippen LogP contribution in [0.25, 0.3) is 0 Å². The summed E-state index contributed by atoms with van der Waals surface area (Å²) in [6, 6.07) is 0. The summed E-state index contributed by atoms with van der Waals surface area (Å²) in [6.45, 7) is 2.43. The molecule has 2 heterocycles. The maximum Gasteiger partial charge on any atom is 0.0141 e. The Morgan fingerprint density at radius 1 is 1.25 bits per heavy atom. The SMILES string of the molecule is CC(CCCC1CS1)CC1CS1. The molecule has 3 unspecified atom stereocenters. The second-order valence-corrected chi connectivity index (χ2v) is 6.85. The molecule has 0 amide bonds. The molecule has 70 valence electrons. The van der Waals surface area contributed by atoms with Crippen molar-refractivity contribution in [2.75, 3.05) is 11.5 Å². The Hall–Kier alpha value is 0.700. The van der Waals surface area contributed by atoms with Crippen molar-refractivity contribution in [3.63, 3.8) is 0 Å². The van der Waals surface area contributed by atoms with Gasteiger partial charge < -0.3 is 0 Å². The lowest BCUT2D eigenvalue weighted by molar-refractivity contribution is 0.477. The van der Waals surface area contributed by atoms with E-state index in [0.29, 0.717) is 0 Å². The Labute approximate surface area is 84.3 Å². The molecule has 2 heteroatoms. The van der Waals surface area contributed by atoms with E-state index in [-0.39, 0.29) is 0 Å². The fourth-order valence-corrected chi connectivity index (χ4v) is 3.07. The third-order valence-electron chi connectivity index (χ3n) is 2.69. The van der Waals surface area contributed by atoms with Gasteiger partial charge in [-0.05, 0) is 18.8 Å². The van der Waals surface area contributed by atoms with Gasteiger partial charge in [0.25, 0.3) is 0 Å². The molecule has 0 saturated carbocycles. The van der Waals surface area contributed by atoms with Crippen LogP contribution in [0.5, 0.6) is 0 Å². The molecule has 2 aliphatic heterocycles. The fraction of sp³-hybridized carbons (Fsp3) is 1.00. The topological polar surface area (TPSA) is 0 Å². The van der Waals surface area contributed by atoms with Gasteiger partial charge in [0.15, 0.2) is 0 Å². The number of hydrogen-bond acceptors (Lipinski definition) is 2. The molecule has 0 radical (unpaired) electrons. The largest absolute Gasteiger partial charge is 0.157 e. The van der Waals surface area contributed by atoms with E-state index < -0.39 is 0 Å².